The first-order chi connectivity index (χ1) is 7.47. The van der Waals surface area contributed by atoms with Gasteiger partial charge in [-0.1, -0.05) is 39.7 Å². The van der Waals surface area contributed by atoms with Gasteiger partial charge in [0.2, 0.25) is 0 Å². The lowest BCUT2D eigenvalue weighted by Crippen LogP contribution is -2.32. The second-order valence-electron chi connectivity index (χ2n) is 5.50. The van der Waals surface area contributed by atoms with Crippen LogP contribution in [0, 0.1) is 17.3 Å². The zero-order chi connectivity index (χ0) is 12.2. The molecule has 1 saturated carbocycles. The Kier molecular flexibility index (Phi) is 4.57. The summed E-state index contributed by atoms with van der Waals surface area (Å²) < 4.78 is 4.91. The van der Waals surface area contributed by atoms with Crippen LogP contribution in [0.15, 0.2) is 12.2 Å². The van der Waals surface area contributed by atoms with Crippen molar-refractivity contribution in [2.24, 2.45) is 17.3 Å². The van der Waals surface area contributed by atoms with Crippen molar-refractivity contribution in [1.29, 1.82) is 0 Å². The van der Waals surface area contributed by atoms with Crippen LogP contribution in [0.5, 0.6) is 0 Å². The third-order valence-corrected chi connectivity index (χ3v) is 3.72. The second kappa shape index (κ2) is 5.51. The third-order valence-electron chi connectivity index (χ3n) is 3.72. The lowest BCUT2D eigenvalue weighted by atomic mass is 9.64. The number of hydrogen-bond donors (Lipinski definition) is 0. The van der Waals surface area contributed by atoms with Crippen LogP contribution in [0.4, 0.5) is 0 Å². The van der Waals surface area contributed by atoms with Crippen molar-refractivity contribution in [2.45, 2.75) is 47.0 Å². The fourth-order valence-electron chi connectivity index (χ4n) is 2.82. The van der Waals surface area contributed by atoms with E-state index in [1.165, 1.54) is 19.3 Å². The monoisotopic (exact) mass is 224 g/mol. The number of ether oxygens (including phenoxy) is 1. The molecule has 0 heterocycles. The van der Waals surface area contributed by atoms with Crippen LogP contribution in [0.2, 0.25) is 0 Å². The fourth-order valence-corrected chi connectivity index (χ4v) is 2.82. The Hall–Kier alpha value is -0.790. The van der Waals surface area contributed by atoms with Gasteiger partial charge >= 0.3 is 5.97 Å². The summed E-state index contributed by atoms with van der Waals surface area (Å²) >= 11 is 0. The van der Waals surface area contributed by atoms with Gasteiger partial charge in [0.05, 0.1) is 6.61 Å². The summed E-state index contributed by atoms with van der Waals surface area (Å²) in [4.78, 5) is 11.3. The van der Waals surface area contributed by atoms with Gasteiger partial charge in [-0.3, -0.25) is 0 Å². The summed E-state index contributed by atoms with van der Waals surface area (Å²) in [7, 11) is 0. The van der Waals surface area contributed by atoms with Crippen LogP contribution in [-0.2, 0) is 9.53 Å². The zero-order valence-corrected chi connectivity index (χ0v) is 11.0. The first-order valence-corrected chi connectivity index (χ1v) is 6.32. The number of hydrogen-bond acceptors (Lipinski definition) is 2. The molecule has 2 heteroatoms. The maximum atomic E-state index is 11.3. The average Bonchev–Trinajstić information content (AvgIpc) is 2.16. The van der Waals surface area contributed by atoms with Crippen LogP contribution in [0.3, 0.4) is 0 Å². The lowest BCUT2D eigenvalue weighted by Gasteiger charge is -2.41. The molecule has 0 aromatic carbocycles. The standard InChI is InChI=1S/C14H24O2/c1-5-16-13(15)9-8-12-11(2)7-6-10-14(12,3)4/h8-9,11-12H,5-7,10H2,1-4H3/t11-,12+/m0/s1. The molecule has 1 rings (SSSR count). The van der Waals surface area contributed by atoms with Crippen LogP contribution in [0.1, 0.15) is 47.0 Å². The summed E-state index contributed by atoms with van der Waals surface area (Å²) in [6.45, 7) is 9.15. The Bertz CT molecular complexity index is 266. The summed E-state index contributed by atoms with van der Waals surface area (Å²) in [5, 5.41) is 0. The molecular weight excluding hydrogens is 200 g/mol. The van der Waals surface area contributed by atoms with Gasteiger partial charge in [0, 0.05) is 6.08 Å². The van der Waals surface area contributed by atoms with E-state index in [1.807, 2.05) is 6.92 Å². The number of carbonyl (C=O) groups is 1. The Morgan fingerprint density at radius 1 is 1.50 bits per heavy atom. The first kappa shape index (κ1) is 13.3. The molecule has 0 saturated heterocycles. The normalized spacial score (nSPS) is 29.2. The van der Waals surface area contributed by atoms with E-state index in [2.05, 4.69) is 26.8 Å². The summed E-state index contributed by atoms with van der Waals surface area (Å²) in [6, 6.07) is 0. The maximum absolute atomic E-state index is 11.3. The molecule has 1 aliphatic rings. The molecule has 0 bridgehead atoms. The lowest BCUT2D eigenvalue weighted by molar-refractivity contribution is -0.137. The van der Waals surface area contributed by atoms with Crippen LogP contribution in [-0.4, -0.2) is 12.6 Å². The Morgan fingerprint density at radius 2 is 2.19 bits per heavy atom. The first-order valence-electron chi connectivity index (χ1n) is 6.32. The smallest absolute Gasteiger partial charge is 0.330 e. The summed E-state index contributed by atoms with van der Waals surface area (Å²) in [6.07, 6.45) is 7.48. The molecule has 0 spiro atoms. The van der Waals surface area contributed by atoms with Gasteiger partial charge < -0.3 is 4.74 Å². The zero-order valence-electron chi connectivity index (χ0n) is 11.0. The average molecular weight is 224 g/mol. The van der Waals surface area contributed by atoms with Crippen molar-refractivity contribution in [1.82, 2.24) is 0 Å². The van der Waals surface area contributed by atoms with Crippen molar-refractivity contribution in [3.63, 3.8) is 0 Å². The van der Waals surface area contributed by atoms with Gasteiger partial charge in [-0.05, 0) is 30.6 Å². The van der Waals surface area contributed by atoms with Gasteiger partial charge in [0.25, 0.3) is 0 Å². The second-order valence-corrected chi connectivity index (χ2v) is 5.50. The number of esters is 1. The Morgan fingerprint density at radius 3 is 2.75 bits per heavy atom. The Balaban J connectivity index is 2.65. The highest BCUT2D eigenvalue weighted by molar-refractivity contribution is 5.81. The van der Waals surface area contributed by atoms with Crippen molar-refractivity contribution < 1.29 is 9.53 Å². The van der Waals surface area contributed by atoms with Gasteiger partial charge in [-0.25, -0.2) is 4.79 Å². The highest BCUT2D eigenvalue weighted by Crippen LogP contribution is 2.44. The van der Waals surface area contributed by atoms with E-state index in [4.69, 9.17) is 4.74 Å². The third kappa shape index (κ3) is 3.36. The van der Waals surface area contributed by atoms with E-state index >= 15 is 0 Å². The number of allylic oxidation sites excluding steroid dienone is 1. The molecule has 0 aliphatic heterocycles. The molecule has 1 aliphatic carbocycles. The fraction of sp³-hybridized carbons (Fsp3) is 0.786. The molecule has 0 unspecified atom stereocenters. The SMILES string of the molecule is CCOC(=O)C=C[C@@H]1[C@@H](C)CCCC1(C)C. The quantitative estimate of drug-likeness (QED) is 0.541. The maximum Gasteiger partial charge on any atom is 0.330 e. The van der Waals surface area contributed by atoms with Crippen molar-refractivity contribution >= 4 is 5.97 Å². The van der Waals surface area contributed by atoms with Crippen LogP contribution in [0.25, 0.3) is 0 Å². The molecule has 2 nitrogen and oxygen atoms in total. The molecular formula is C14H24O2. The molecule has 92 valence electrons. The van der Waals surface area contributed by atoms with Crippen molar-refractivity contribution in [3.05, 3.63) is 12.2 Å². The van der Waals surface area contributed by atoms with E-state index in [-0.39, 0.29) is 5.97 Å². The molecule has 16 heavy (non-hydrogen) atoms. The van der Waals surface area contributed by atoms with Crippen molar-refractivity contribution in [2.75, 3.05) is 6.61 Å². The van der Waals surface area contributed by atoms with Crippen LogP contribution >= 0.6 is 0 Å². The molecule has 0 radical (unpaired) electrons. The largest absolute Gasteiger partial charge is 0.463 e. The number of rotatable bonds is 3. The van der Waals surface area contributed by atoms with E-state index in [1.54, 1.807) is 6.08 Å². The van der Waals surface area contributed by atoms with E-state index in [0.717, 1.165) is 0 Å². The van der Waals surface area contributed by atoms with Crippen LogP contribution < -0.4 is 0 Å². The molecule has 1 fully saturated rings. The minimum Gasteiger partial charge on any atom is -0.463 e. The molecule has 0 aromatic heterocycles. The highest BCUT2D eigenvalue weighted by atomic mass is 16.5. The van der Waals surface area contributed by atoms with E-state index in [9.17, 15) is 4.79 Å². The summed E-state index contributed by atoms with van der Waals surface area (Å²) in [5.74, 6) is 0.941. The predicted octanol–water partition coefficient (Wildman–Crippen LogP) is 3.57. The van der Waals surface area contributed by atoms with E-state index < -0.39 is 0 Å². The minimum absolute atomic E-state index is 0.212. The minimum atomic E-state index is -0.212. The van der Waals surface area contributed by atoms with Gasteiger partial charge in [-0.15, -0.1) is 0 Å². The van der Waals surface area contributed by atoms with Gasteiger partial charge in [0.15, 0.2) is 0 Å². The molecule has 0 N–H and O–H groups in total. The van der Waals surface area contributed by atoms with Gasteiger partial charge in [-0.2, -0.15) is 0 Å². The summed E-state index contributed by atoms with van der Waals surface area (Å²) in [5.41, 5.74) is 0.306. The topological polar surface area (TPSA) is 26.3 Å². The number of carbonyl (C=O) groups excluding carboxylic acids is 1. The Labute approximate surface area is 99.1 Å². The predicted molar refractivity (Wildman–Crippen MR) is 66.1 cm³/mol. The van der Waals surface area contributed by atoms with Crippen molar-refractivity contribution in [3.8, 4) is 0 Å². The molecule has 0 amide bonds. The van der Waals surface area contributed by atoms with Gasteiger partial charge in [0.1, 0.15) is 0 Å². The molecule has 2 atom stereocenters. The highest BCUT2D eigenvalue weighted by Gasteiger charge is 2.34. The van der Waals surface area contributed by atoms with E-state index in [0.29, 0.717) is 23.9 Å². The molecule has 0 aromatic rings.